The van der Waals surface area contributed by atoms with Crippen LogP contribution in [-0.2, 0) is 20.7 Å². The fourth-order valence-corrected chi connectivity index (χ4v) is 3.19. The van der Waals surface area contributed by atoms with E-state index in [2.05, 4.69) is 22.0 Å². The highest BCUT2D eigenvalue weighted by atomic mass is 79.9. The quantitative estimate of drug-likeness (QED) is 0.594. The second kappa shape index (κ2) is 7.14. The summed E-state index contributed by atoms with van der Waals surface area (Å²) in [6.07, 6.45) is 7.52. The molecule has 2 aliphatic rings. The molecule has 0 saturated carbocycles. The summed E-state index contributed by atoms with van der Waals surface area (Å²) in [5.41, 5.74) is 4.04. The van der Waals surface area contributed by atoms with E-state index in [9.17, 15) is 4.79 Å². The Labute approximate surface area is 144 Å². The molecule has 23 heavy (non-hydrogen) atoms. The second-order valence-electron chi connectivity index (χ2n) is 5.36. The smallest absolute Gasteiger partial charge is 0.217 e. The molecule has 1 heterocycles. The van der Waals surface area contributed by atoms with E-state index in [-0.39, 0.29) is 11.9 Å². The molecule has 118 valence electrons. The maximum absolute atomic E-state index is 11.3. The van der Waals surface area contributed by atoms with Gasteiger partial charge in [-0.1, -0.05) is 46.3 Å². The minimum atomic E-state index is -0.0923. The largest absolute Gasteiger partial charge is 0.445 e. The normalized spacial score (nSPS) is 21.4. The second-order valence-corrected chi connectivity index (χ2v) is 6.16. The molecule has 1 aliphatic heterocycles. The van der Waals surface area contributed by atoms with Crippen LogP contribution in [0.2, 0.25) is 0 Å². The van der Waals surface area contributed by atoms with Crippen molar-refractivity contribution in [1.82, 2.24) is 0 Å². The van der Waals surface area contributed by atoms with Crippen molar-refractivity contribution in [3.8, 4) is 0 Å². The SMILES string of the molecule is COC1C=CC2=C(Cc3ccccc3C(=C=O)O2)C1=CCCBr. The van der Waals surface area contributed by atoms with Gasteiger partial charge in [-0.05, 0) is 29.7 Å². The van der Waals surface area contributed by atoms with Crippen molar-refractivity contribution < 1.29 is 14.3 Å². The standard InChI is InChI=1S/C19H17BrO3/c1-22-17-8-9-18-16(15(17)7-4-10-20)11-13-5-2-3-6-14(13)19(12-21)23-18/h2-3,5-9,17H,4,10-11H2,1H3. The van der Waals surface area contributed by atoms with Crippen LogP contribution in [0.3, 0.4) is 0 Å². The van der Waals surface area contributed by atoms with Crippen LogP contribution >= 0.6 is 15.9 Å². The molecule has 3 nitrogen and oxygen atoms in total. The number of ether oxygens (including phenoxy) is 2. The van der Waals surface area contributed by atoms with Crippen LogP contribution in [0.1, 0.15) is 17.5 Å². The average molecular weight is 373 g/mol. The molecular formula is C19H17BrO3. The van der Waals surface area contributed by atoms with E-state index < -0.39 is 0 Å². The van der Waals surface area contributed by atoms with Crippen molar-refractivity contribution in [3.05, 3.63) is 70.5 Å². The molecule has 1 aromatic carbocycles. The molecule has 1 atom stereocenters. The van der Waals surface area contributed by atoms with Gasteiger partial charge in [0, 0.05) is 30.0 Å². The third-order valence-electron chi connectivity index (χ3n) is 4.04. The Morgan fingerprint density at radius 1 is 1.43 bits per heavy atom. The number of hydrogen-bond acceptors (Lipinski definition) is 3. The topological polar surface area (TPSA) is 35.5 Å². The van der Waals surface area contributed by atoms with Crippen LogP contribution in [0.25, 0.3) is 5.76 Å². The fourth-order valence-electron chi connectivity index (χ4n) is 2.96. The maximum Gasteiger partial charge on any atom is 0.217 e. The Kier molecular flexibility index (Phi) is 4.97. The summed E-state index contributed by atoms with van der Waals surface area (Å²) in [4.78, 5) is 11.3. The molecule has 3 rings (SSSR count). The zero-order valence-electron chi connectivity index (χ0n) is 12.8. The van der Waals surface area contributed by atoms with Crippen LogP contribution < -0.4 is 0 Å². The number of carbonyl (C=O) groups excluding carboxylic acids is 1. The van der Waals surface area contributed by atoms with Crippen LogP contribution in [0.4, 0.5) is 0 Å². The summed E-state index contributed by atoms with van der Waals surface area (Å²) >= 11 is 3.46. The van der Waals surface area contributed by atoms with Crippen LogP contribution in [0.5, 0.6) is 0 Å². The highest BCUT2D eigenvalue weighted by molar-refractivity contribution is 9.09. The first-order chi connectivity index (χ1) is 11.3. The van der Waals surface area contributed by atoms with Crippen molar-refractivity contribution in [2.45, 2.75) is 18.9 Å². The number of fused-ring (bicyclic) bond motifs is 1. The highest BCUT2D eigenvalue weighted by Crippen LogP contribution is 2.37. The van der Waals surface area contributed by atoms with Gasteiger partial charge in [0.2, 0.25) is 5.76 Å². The van der Waals surface area contributed by atoms with Gasteiger partial charge in [-0.2, -0.15) is 0 Å². The Balaban J connectivity index is 2.12. The lowest BCUT2D eigenvalue weighted by Gasteiger charge is -2.24. The minimum Gasteiger partial charge on any atom is -0.445 e. The fraction of sp³-hybridized carbons (Fsp3) is 0.263. The van der Waals surface area contributed by atoms with Crippen LogP contribution in [0, 0.1) is 0 Å². The molecule has 0 N–H and O–H groups in total. The first-order valence-corrected chi connectivity index (χ1v) is 8.62. The van der Waals surface area contributed by atoms with E-state index in [0.29, 0.717) is 12.2 Å². The van der Waals surface area contributed by atoms with Gasteiger partial charge >= 0.3 is 0 Å². The number of methoxy groups -OCH3 is 1. The van der Waals surface area contributed by atoms with E-state index in [4.69, 9.17) is 9.47 Å². The summed E-state index contributed by atoms with van der Waals surface area (Å²) in [5.74, 6) is 2.88. The zero-order valence-corrected chi connectivity index (χ0v) is 14.4. The predicted octanol–water partition coefficient (Wildman–Crippen LogP) is 3.98. The van der Waals surface area contributed by atoms with Gasteiger partial charge < -0.3 is 9.47 Å². The molecule has 1 unspecified atom stereocenters. The van der Waals surface area contributed by atoms with Gasteiger partial charge in [0.1, 0.15) is 11.9 Å². The minimum absolute atomic E-state index is 0.0923. The molecule has 0 saturated heterocycles. The molecule has 0 amide bonds. The van der Waals surface area contributed by atoms with Crippen molar-refractivity contribution >= 4 is 27.6 Å². The number of rotatable bonds is 3. The van der Waals surface area contributed by atoms with Crippen molar-refractivity contribution in [2.24, 2.45) is 0 Å². The lowest BCUT2D eigenvalue weighted by atomic mass is 9.88. The summed E-state index contributed by atoms with van der Waals surface area (Å²) in [6, 6.07) is 7.79. The number of alkyl halides is 1. The maximum atomic E-state index is 11.3. The Morgan fingerprint density at radius 2 is 2.26 bits per heavy atom. The highest BCUT2D eigenvalue weighted by Gasteiger charge is 2.28. The Morgan fingerprint density at radius 3 is 3.00 bits per heavy atom. The lowest BCUT2D eigenvalue weighted by molar-refractivity contribution is 0.167. The van der Waals surface area contributed by atoms with Crippen LogP contribution in [-0.4, -0.2) is 24.5 Å². The van der Waals surface area contributed by atoms with E-state index in [1.165, 1.54) is 0 Å². The van der Waals surface area contributed by atoms with Gasteiger partial charge in [0.15, 0.2) is 5.94 Å². The van der Waals surface area contributed by atoms with Crippen molar-refractivity contribution in [1.29, 1.82) is 0 Å². The van der Waals surface area contributed by atoms with E-state index in [1.54, 1.807) is 7.11 Å². The summed E-state index contributed by atoms with van der Waals surface area (Å²) in [7, 11) is 1.70. The zero-order chi connectivity index (χ0) is 16.2. The first kappa shape index (κ1) is 16.0. The monoisotopic (exact) mass is 372 g/mol. The molecule has 0 aromatic heterocycles. The van der Waals surface area contributed by atoms with Crippen molar-refractivity contribution in [2.75, 3.05) is 12.4 Å². The van der Waals surface area contributed by atoms with Crippen LogP contribution in [0.15, 0.2) is 59.4 Å². The summed E-state index contributed by atoms with van der Waals surface area (Å²) < 4.78 is 11.5. The number of hydrogen-bond donors (Lipinski definition) is 0. The number of halogens is 1. The van der Waals surface area contributed by atoms with Crippen molar-refractivity contribution in [3.63, 3.8) is 0 Å². The molecule has 0 spiro atoms. The summed E-state index contributed by atoms with van der Waals surface area (Å²) in [5, 5.41) is 0.885. The third kappa shape index (κ3) is 3.11. The molecule has 1 aliphatic carbocycles. The average Bonchev–Trinajstić information content (AvgIpc) is 2.75. The molecular weight excluding hydrogens is 356 g/mol. The summed E-state index contributed by atoms with van der Waals surface area (Å²) in [6.45, 7) is 0. The molecule has 0 fully saturated rings. The Bertz CT molecular complexity index is 752. The number of benzene rings is 1. The lowest BCUT2D eigenvalue weighted by Crippen LogP contribution is -2.18. The number of allylic oxidation sites excluding steroid dienone is 2. The van der Waals surface area contributed by atoms with Gasteiger partial charge in [0.25, 0.3) is 0 Å². The van der Waals surface area contributed by atoms with Gasteiger partial charge in [0.05, 0.1) is 0 Å². The van der Waals surface area contributed by atoms with Gasteiger partial charge in [-0.3, -0.25) is 0 Å². The van der Waals surface area contributed by atoms with E-state index >= 15 is 0 Å². The molecule has 0 radical (unpaired) electrons. The van der Waals surface area contributed by atoms with Gasteiger partial charge in [-0.25, -0.2) is 4.79 Å². The van der Waals surface area contributed by atoms with E-state index in [1.807, 2.05) is 42.4 Å². The van der Waals surface area contributed by atoms with Gasteiger partial charge in [-0.15, -0.1) is 0 Å². The molecule has 4 heteroatoms. The van der Waals surface area contributed by atoms with E-state index in [0.717, 1.165) is 34.0 Å². The predicted molar refractivity (Wildman–Crippen MR) is 93.8 cm³/mol. The third-order valence-corrected chi connectivity index (χ3v) is 4.49. The molecule has 1 aromatic rings. The molecule has 0 bridgehead atoms. The first-order valence-electron chi connectivity index (χ1n) is 7.50. The Hall–Kier alpha value is -1.87.